The molecule has 2 aromatic carbocycles. The Bertz CT molecular complexity index is 802. The van der Waals surface area contributed by atoms with E-state index in [-0.39, 0.29) is 6.10 Å². The van der Waals surface area contributed by atoms with Crippen LogP contribution in [-0.4, -0.2) is 4.98 Å². The van der Waals surface area contributed by atoms with Gasteiger partial charge in [-0.3, -0.25) is 0 Å². The summed E-state index contributed by atoms with van der Waals surface area (Å²) >= 11 is 0. The number of ether oxygens (including phenoxy) is 1. The molecule has 1 aliphatic carbocycles. The zero-order chi connectivity index (χ0) is 13.4. The topological polar surface area (TPSA) is 22.1 Å². The van der Waals surface area contributed by atoms with Crippen molar-refractivity contribution in [1.29, 1.82) is 0 Å². The average Bonchev–Trinajstić information content (AvgIpc) is 2.91. The number of pyridine rings is 1. The molecule has 0 aliphatic heterocycles. The van der Waals surface area contributed by atoms with Gasteiger partial charge in [-0.1, -0.05) is 48.5 Å². The van der Waals surface area contributed by atoms with Gasteiger partial charge in [0.15, 0.2) is 0 Å². The highest BCUT2D eigenvalue weighted by Gasteiger charge is 2.19. The van der Waals surface area contributed by atoms with Crippen molar-refractivity contribution in [2.45, 2.75) is 6.10 Å². The van der Waals surface area contributed by atoms with Gasteiger partial charge in [0, 0.05) is 17.1 Å². The Kier molecular flexibility index (Phi) is 2.52. The van der Waals surface area contributed by atoms with Crippen LogP contribution < -0.4 is 4.74 Å². The first-order chi connectivity index (χ1) is 9.92. The van der Waals surface area contributed by atoms with Crippen LogP contribution in [0.1, 0.15) is 17.2 Å². The second kappa shape index (κ2) is 4.49. The van der Waals surface area contributed by atoms with Crippen LogP contribution in [0.4, 0.5) is 0 Å². The van der Waals surface area contributed by atoms with E-state index in [1.807, 2.05) is 36.4 Å². The van der Waals surface area contributed by atoms with E-state index in [0.717, 1.165) is 10.8 Å². The van der Waals surface area contributed by atoms with E-state index in [1.165, 1.54) is 11.1 Å². The average molecular weight is 259 g/mol. The van der Waals surface area contributed by atoms with Gasteiger partial charge >= 0.3 is 0 Å². The Morgan fingerprint density at radius 1 is 0.900 bits per heavy atom. The third kappa shape index (κ3) is 1.77. The fourth-order valence-corrected chi connectivity index (χ4v) is 2.63. The molecular weight excluding hydrogens is 246 g/mol. The van der Waals surface area contributed by atoms with E-state index < -0.39 is 0 Å². The molecule has 1 atom stereocenters. The van der Waals surface area contributed by atoms with Crippen LogP contribution in [0.25, 0.3) is 16.8 Å². The van der Waals surface area contributed by atoms with Gasteiger partial charge in [-0.05, 0) is 29.2 Å². The second-order valence-corrected chi connectivity index (χ2v) is 4.86. The van der Waals surface area contributed by atoms with E-state index >= 15 is 0 Å². The van der Waals surface area contributed by atoms with Crippen LogP contribution >= 0.6 is 0 Å². The lowest BCUT2D eigenvalue weighted by Crippen LogP contribution is -2.04. The summed E-state index contributed by atoms with van der Waals surface area (Å²) in [4.78, 5) is 4.39. The first-order valence-corrected chi connectivity index (χ1v) is 6.69. The molecule has 2 heteroatoms. The molecule has 1 aliphatic rings. The Morgan fingerprint density at radius 2 is 1.75 bits per heavy atom. The van der Waals surface area contributed by atoms with Gasteiger partial charge in [-0.15, -0.1) is 0 Å². The van der Waals surface area contributed by atoms with Crippen LogP contribution in [0.5, 0.6) is 5.88 Å². The molecular formula is C18H13NO. The summed E-state index contributed by atoms with van der Waals surface area (Å²) in [6, 6.07) is 18.4. The van der Waals surface area contributed by atoms with E-state index in [0.29, 0.717) is 5.88 Å². The standard InChI is InChI=1S/C18H13NO/c1-3-7-15-13(5-1)9-10-17(15)20-18-16-8-4-2-6-14(16)11-12-19-18/h1-12,17H. The van der Waals surface area contributed by atoms with Crippen LogP contribution in [0, 0.1) is 0 Å². The summed E-state index contributed by atoms with van der Waals surface area (Å²) < 4.78 is 6.12. The van der Waals surface area contributed by atoms with Crippen molar-refractivity contribution in [1.82, 2.24) is 4.98 Å². The van der Waals surface area contributed by atoms with Gasteiger partial charge in [0.25, 0.3) is 0 Å². The van der Waals surface area contributed by atoms with Crippen molar-refractivity contribution in [3.63, 3.8) is 0 Å². The molecule has 1 heterocycles. The summed E-state index contributed by atoms with van der Waals surface area (Å²) in [6.07, 6.45) is 5.92. The third-order valence-electron chi connectivity index (χ3n) is 3.63. The minimum atomic E-state index is -0.0514. The number of hydrogen-bond donors (Lipinski definition) is 0. The fourth-order valence-electron chi connectivity index (χ4n) is 2.63. The minimum Gasteiger partial charge on any atom is -0.465 e. The molecule has 0 saturated heterocycles. The van der Waals surface area contributed by atoms with Gasteiger partial charge in [0.05, 0.1) is 0 Å². The Hall–Kier alpha value is -2.61. The molecule has 1 unspecified atom stereocenters. The molecule has 1 aromatic heterocycles. The number of benzene rings is 2. The smallest absolute Gasteiger partial charge is 0.222 e. The molecule has 0 fully saturated rings. The molecule has 0 amide bonds. The van der Waals surface area contributed by atoms with Crippen molar-refractivity contribution < 1.29 is 4.74 Å². The summed E-state index contributed by atoms with van der Waals surface area (Å²) in [5.41, 5.74) is 2.42. The molecule has 0 saturated carbocycles. The quantitative estimate of drug-likeness (QED) is 0.681. The second-order valence-electron chi connectivity index (χ2n) is 4.86. The van der Waals surface area contributed by atoms with Crippen molar-refractivity contribution in [2.75, 3.05) is 0 Å². The first-order valence-electron chi connectivity index (χ1n) is 6.69. The lowest BCUT2D eigenvalue weighted by molar-refractivity contribution is 0.252. The summed E-state index contributed by atoms with van der Waals surface area (Å²) in [7, 11) is 0. The van der Waals surface area contributed by atoms with Gasteiger partial charge in [-0.2, -0.15) is 0 Å². The zero-order valence-corrected chi connectivity index (χ0v) is 10.9. The van der Waals surface area contributed by atoms with Crippen molar-refractivity contribution >= 4 is 16.8 Å². The van der Waals surface area contributed by atoms with Crippen LogP contribution in [0.3, 0.4) is 0 Å². The van der Waals surface area contributed by atoms with E-state index in [9.17, 15) is 0 Å². The maximum atomic E-state index is 6.12. The predicted molar refractivity (Wildman–Crippen MR) is 80.6 cm³/mol. The molecule has 2 nitrogen and oxygen atoms in total. The van der Waals surface area contributed by atoms with Crippen LogP contribution in [0.15, 0.2) is 66.9 Å². The number of hydrogen-bond acceptors (Lipinski definition) is 2. The highest BCUT2D eigenvalue weighted by Crippen LogP contribution is 2.33. The Balaban J connectivity index is 1.75. The molecule has 0 N–H and O–H groups in total. The zero-order valence-electron chi connectivity index (χ0n) is 10.9. The largest absolute Gasteiger partial charge is 0.465 e. The minimum absolute atomic E-state index is 0.0514. The number of fused-ring (bicyclic) bond motifs is 2. The van der Waals surface area contributed by atoms with E-state index in [1.54, 1.807) is 6.20 Å². The van der Waals surface area contributed by atoms with Crippen molar-refractivity contribution in [2.24, 2.45) is 0 Å². The maximum Gasteiger partial charge on any atom is 0.222 e. The van der Waals surface area contributed by atoms with Gasteiger partial charge in [0.2, 0.25) is 5.88 Å². The molecule has 0 bridgehead atoms. The third-order valence-corrected chi connectivity index (χ3v) is 3.63. The maximum absolute atomic E-state index is 6.12. The SMILES string of the molecule is C1=CC(Oc2nccc3ccccc23)c2ccccc21. The molecule has 96 valence electrons. The Morgan fingerprint density at radius 3 is 2.75 bits per heavy atom. The fraction of sp³-hybridized carbons (Fsp3) is 0.0556. The predicted octanol–water partition coefficient (Wildman–Crippen LogP) is 4.38. The van der Waals surface area contributed by atoms with Gasteiger partial charge in [0.1, 0.15) is 6.10 Å². The van der Waals surface area contributed by atoms with Gasteiger partial charge in [-0.25, -0.2) is 4.98 Å². The number of nitrogens with zero attached hydrogens (tertiary/aromatic N) is 1. The molecule has 0 spiro atoms. The highest BCUT2D eigenvalue weighted by atomic mass is 16.5. The van der Waals surface area contributed by atoms with E-state index in [4.69, 9.17) is 4.74 Å². The van der Waals surface area contributed by atoms with Crippen LogP contribution in [-0.2, 0) is 0 Å². The monoisotopic (exact) mass is 259 g/mol. The molecule has 3 aromatic rings. The van der Waals surface area contributed by atoms with E-state index in [2.05, 4.69) is 35.3 Å². The molecule has 20 heavy (non-hydrogen) atoms. The molecule has 0 radical (unpaired) electrons. The first kappa shape index (κ1) is 11.2. The molecule has 4 rings (SSSR count). The lowest BCUT2D eigenvalue weighted by atomic mass is 10.1. The number of rotatable bonds is 2. The highest BCUT2D eigenvalue weighted by molar-refractivity contribution is 5.86. The Labute approximate surface area is 117 Å². The van der Waals surface area contributed by atoms with Crippen molar-refractivity contribution in [3.05, 3.63) is 78.0 Å². The van der Waals surface area contributed by atoms with Crippen molar-refractivity contribution in [3.8, 4) is 5.88 Å². The number of aromatic nitrogens is 1. The normalized spacial score (nSPS) is 16.3. The van der Waals surface area contributed by atoms with Gasteiger partial charge < -0.3 is 4.74 Å². The summed E-state index contributed by atoms with van der Waals surface area (Å²) in [5, 5.41) is 2.19. The van der Waals surface area contributed by atoms with Crippen LogP contribution in [0.2, 0.25) is 0 Å². The summed E-state index contributed by atoms with van der Waals surface area (Å²) in [6.45, 7) is 0. The lowest BCUT2D eigenvalue weighted by Gasteiger charge is -2.14. The summed E-state index contributed by atoms with van der Waals surface area (Å²) in [5.74, 6) is 0.689.